The predicted molar refractivity (Wildman–Crippen MR) is 92.6 cm³/mol. The molecular weight excluding hydrogens is 294 g/mol. The van der Waals surface area contributed by atoms with E-state index in [2.05, 4.69) is 35.6 Å². The molecule has 1 aromatic heterocycles. The van der Waals surface area contributed by atoms with Crippen molar-refractivity contribution >= 4 is 28.1 Å². The molecule has 1 aliphatic heterocycles. The van der Waals surface area contributed by atoms with E-state index in [0.29, 0.717) is 12.3 Å². The second kappa shape index (κ2) is 6.08. The summed E-state index contributed by atoms with van der Waals surface area (Å²) in [5.74, 6) is 0.847. The van der Waals surface area contributed by atoms with Crippen molar-refractivity contribution in [2.45, 2.75) is 26.7 Å². The van der Waals surface area contributed by atoms with Crippen LogP contribution in [0, 0.1) is 5.92 Å². The molecule has 0 bridgehead atoms. The Labute approximate surface area is 135 Å². The van der Waals surface area contributed by atoms with Gasteiger partial charge in [-0.25, -0.2) is 4.98 Å². The molecule has 0 spiro atoms. The molecule has 0 radical (unpaired) electrons. The van der Waals surface area contributed by atoms with Gasteiger partial charge in [0, 0.05) is 30.2 Å². The minimum absolute atomic E-state index is 0.154. The number of fused-ring (bicyclic) bond motifs is 1. The second-order valence-corrected chi connectivity index (χ2v) is 6.98. The van der Waals surface area contributed by atoms with Crippen molar-refractivity contribution in [3.63, 3.8) is 0 Å². The fraction of sp³-hybridized carbons (Fsp3) is 0.412. The van der Waals surface area contributed by atoms with E-state index in [0.717, 1.165) is 40.6 Å². The van der Waals surface area contributed by atoms with Gasteiger partial charge in [-0.2, -0.15) is 0 Å². The number of benzene rings is 1. The van der Waals surface area contributed by atoms with Gasteiger partial charge in [0.1, 0.15) is 0 Å². The highest BCUT2D eigenvalue weighted by Crippen LogP contribution is 2.33. The number of carbonyl (C=O) groups excluding carboxylic acids is 1. The predicted octanol–water partition coefficient (Wildman–Crippen LogP) is 3.79. The summed E-state index contributed by atoms with van der Waals surface area (Å²) in [4.78, 5) is 18.1. The molecule has 116 valence electrons. The minimum Gasteiger partial charge on any atom is -0.361 e. The molecule has 0 saturated carbocycles. The van der Waals surface area contributed by atoms with Gasteiger partial charge in [-0.15, -0.1) is 11.3 Å². The minimum atomic E-state index is 0.154. The van der Waals surface area contributed by atoms with E-state index >= 15 is 0 Å². The average Bonchev–Trinajstić information content (AvgIpc) is 3.04. The molecule has 0 atom stereocenters. The second-order valence-electron chi connectivity index (χ2n) is 6.12. The molecule has 5 heteroatoms. The van der Waals surface area contributed by atoms with Gasteiger partial charge in [0.2, 0.25) is 5.91 Å². The van der Waals surface area contributed by atoms with Crippen molar-refractivity contribution in [1.29, 1.82) is 0 Å². The number of likely N-dealkylation sites (N-methyl/N-ethyl adjacent to an activating group) is 1. The number of nitrogens with one attached hydrogen (secondary N) is 1. The van der Waals surface area contributed by atoms with Crippen LogP contribution >= 0.6 is 11.3 Å². The Kier molecular flexibility index (Phi) is 4.16. The van der Waals surface area contributed by atoms with Gasteiger partial charge in [0.25, 0.3) is 0 Å². The van der Waals surface area contributed by atoms with Crippen LogP contribution in [0.1, 0.15) is 25.8 Å². The smallest absolute Gasteiger partial charge is 0.231 e. The Balaban J connectivity index is 1.74. The third-order valence-electron chi connectivity index (χ3n) is 3.95. The van der Waals surface area contributed by atoms with E-state index in [1.165, 1.54) is 0 Å². The molecule has 0 aliphatic carbocycles. The lowest BCUT2D eigenvalue weighted by Gasteiger charge is -2.09. The summed E-state index contributed by atoms with van der Waals surface area (Å²) in [6.45, 7) is 5.39. The molecule has 1 amide bonds. The Morgan fingerprint density at radius 1 is 1.41 bits per heavy atom. The zero-order valence-electron chi connectivity index (χ0n) is 13.2. The Morgan fingerprint density at radius 3 is 3.00 bits per heavy atom. The van der Waals surface area contributed by atoms with Crippen molar-refractivity contribution in [3.8, 4) is 11.3 Å². The number of thiazole rings is 1. The quantitative estimate of drug-likeness (QED) is 0.913. The molecule has 1 aromatic carbocycles. The van der Waals surface area contributed by atoms with E-state index in [4.69, 9.17) is 0 Å². The maximum Gasteiger partial charge on any atom is 0.231 e. The van der Waals surface area contributed by atoms with Gasteiger partial charge >= 0.3 is 0 Å². The summed E-state index contributed by atoms with van der Waals surface area (Å²) in [5.41, 5.74) is 4.16. The number of carbonyl (C=O) groups is 1. The van der Waals surface area contributed by atoms with Crippen molar-refractivity contribution in [2.24, 2.45) is 5.92 Å². The maximum atomic E-state index is 11.8. The van der Waals surface area contributed by atoms with Crippen molar-refractivity contribution in [2.75, 3.05) is 23.8 Å². The van der Waals surface area contributed by atoms with Crippen LogP contribution in [0.3, 0.4) is 0 Å². The molecule has 4 nitrogen and oxygen atoms in total. The molecular formula is C17H21N3OS. The van der Waals surface area contributed by atoms with Crippen LogP contribution in [-0.4, -0.2) is 24.5 Å². The third kappa shape index (κ3) is 2.99. The standard InChI is InChI=1S/C17H21N3OS/c1-11(2)6-7-18-17-19-14(10-22-17)12-4-5-15-13(8-12)9-16(21)20(15)3/h4-5,8,10-11H,6-7,9H2,1-3H3,(H,18,19). The number of rotatable bonds is 5. The monoisotopic (exact) mass is 315 g/mol. The Morgan fingerprint density at radius 2 is 2.23 bits per heavy atom. The number of anilines is 2. The zero-order valence-corrected chi connectivity index (χ0v) is 14.0. The Bertz CT molecular complexity index is 693. The van der Waals surface area contributed by atoms with E-state index in [1.54, 1.807) is 16.2 Å². The highest BCUT2D eigenvalue weighted by Gasteiger charge is 2.24. The molecule has 2 aromatic rings. The number of amides is 1. The van der Waals surface area contributed by atoms with E-state index in [1.807, 2.05) is 19.2 Å². The first-order valence-corrected chi connectivity index (χ1v) is 8.52. The van der Waals surface area contributed by atoms with Crippen molar-refractivity contribution < 1.29 is 4.79 Å². The molecule has 1 aliphatic rings. The molecule has 3 rings (SSSR count). The van der Waals surface area contributed by atoms with Crippen LogP contribution in [-0.2, 0) is 11.2 Å². The largest absolute Gasteiger partial charge is 0.361 e. The lowest BCUT2D eigenvalue weighted by Crippen LogP contribution is -2.20. The van der Waals surface area contributed by atoms with Crippen LogP contribution < -0.4 is 10.2 Å². The van der Waals surface area contributed by atoms with Gasteiger partial charge in [-0.05, 0) is 30.0 Å². The van der Waals surface area contributed by atoms with Gasteiger partial charge in [-0.3, -0.25) is 4.79 Å². The molecule has 0 fully saturated rings. The average molecular weight is 315 g/mol. The fourth-order valence-electron chi connectivity index (χ4n) is 2.58. The zero-order chi connectivity index (χ0) is 15.7. The topological polar surface area (TPSA) is 45.2 Å². The summed E-state index contributed by atoms with van der Waals surface area (Å²) in [5, 5.41) is 6.41. The summed E-state index contributed by atoms with van der Waals surface area (Å²) >= 11 is 1.63. The number of nitrogens with zero attached hydrogens (tertiary/aromatic N) is 2. The molecule has 0 unspecified atom stereocenters. The Hall–Kier alpha value is -1.88. The summed E-state index contributed by atoms with van der Waals surface area (Å²) in [6, 6.07) is 6.14. The van der Waals surface area contributed by atoms with Gasteiger partial charge in [0.15, 0.2) is 5.13 Å². The lowest BCUT2D eigenvalue weighted by atomic mass is 10.1. The van der Waals surface area contributed by atoms with Crippen molar-refractivity contribution in [1.82, 2.24) is 4.98 Å². The first-order valence-electron chi connectivity index (χ1n) is 7.64. The summed E-state index contributed by atoms with van der Waals surface area (Å²) in [7, 11) is 1.83. The summed E-state index contributed by atoms with van der Waals surface area (Å²) < 4.78 is 0. The third-order valence-corrected chi connectivity index (χ3v) is 4.75. The number of aromatic nitrogens is 1. The maximum absolute atomic E-state index is 11.8. The van der Waals surface area contributed by atoms with Crippen LogP contribution in [0.2, 0.25) is 0 Å². The first-order chi connectivity index (χ1) is 10.5. The summed E-state index contributed by atoms with van der Waals surface area (Å²) in [6.07, 6.45) is 1.63. The molecule has 0 saturated heterocycles. The highest BCUT2D eigenvalue weighted by molar-refractivity contribution is 7.14. The van der Waals surface area contributed by atoms with E-state index in [-0.39, 0.29) is 5.91 Å². The van der Waals surface area contributed by atoms with Crippen LogP contribution in [0.15, 0.2) is 23.6 Å². The van der Waals surface area contributed by atoms with Crippen LogP contribution in [0.5, 0.6) is 0 Å². The molecule has 1 N–H and O–H groups in total. The normalized spacial score (nSPS) is 13.8. The van der Waals surface area contributed by atoms with Gasteiger partial charge in [0.05, 0.1) is 12.1 Å². The molecule has 22 heavy (non-hydrogen) atoms. The highest BCUT2D eigenvalue weighted by atomic mass is 32.1. The van der Waals surface area contributed by atoms with Crippen molar-refractivity contribution in [3.05, 3.63) is 29.1 Å². The SMILES string of the molecule is CC(C)CCNc1nc(-c2ccc3c(c2)CC(=O)N3C)cs1. The number of hydrogen-bond donors (Lipinski definition) is 1. The van der Waals surface area contributed by atoms with Crippen LogP contribution in [0.25, 0.3) is 11.3 Å². The lowest BCUT2D eigenvalue weighted by molar-refractivity contribution is -0.117. The number of hydrogen-bond acceptors (Lipinski definition) is 4. The fourth-order valence-corrected chi connectivity index (χ4v) is 3.33. The molecule has 2 heterocycles. The van der Waals surface area contributed by atoms with E-state index < -0.39 is 0 Å². The van der Waals surface area contributed by atoms with E-state index in [9.17, 15) is 4.79 Å². The van der Waals surface area contributed by atoms with Gasteiger partial charge < -0.3 is 10.2 Å². The first kappa shape index (κ1) is 15.0. The van der Waals surface area contributed by atoms with Gasteiger partial charge in [-0.1, -0.05) is 19.9 Å². The van der Waals surface area contributed by atoms with Crippen LogP contribution in [0.4, 0.5) is 10.8 Å².